The molecule has 0 bridgehead atoms. The molecule has 0 aliphatic carbocycles. The van der Waals surface area contributed by atoms with E-state index < -0.39 is 0 Å². The molecular weight excluding hydrogens is 206 g/mol. The molecule has 0 radical (unpaired) electrons. The third kappa shape index (κ3) is 2.59. The van der Waals surface area contributed by atoms with Gasteiger partial charge in [0.2, 0.25) is 5.89 Å². The number of aliphatic hydroxyl groups is 1. The van der Waals surface area contributed by atoms with Gasteiger partial charge in [0.05, 0.1) is 12.6 Å². The molecule has 0 amide bonds. The fraction of sp³-hybridized carbons (Fsp3) is 0.818. The van der Waals surface area contributed by atoms with Gasteiger partial charge in [-0.2, -0.15) is 4.98 Å². The van der Waals surface area contributed by atoms with Crippen LogP contribution < -0.4 is 0 Å². The van der Waals surface area contributed by atoms with E-state index in [1.54, 1.807) is 0 Å². The van der Waals surface area contributed by atoms with Crippen LogP contribution in [-0.2, 0) is 13.0 Å². The number of aryl methyl sites for hydroxylation is 1. The summed E-state index contributed by atoms with van der Waals surface area (Å²) in [6, 6.07) is 0. The first-order valence-electron chi connectivity index (χ1n) is 5.91. The molecule has 1 N–H and O–H groups in total. The van der Waals surface area contributed by atoms with E-state index in [1.165, 1.54) is 0 Å². The van der Waals surface area contributed by atoms with Gasteiger partial charge < -0.3 is 9.63 Å². The van der Waals surface area contributed by atoms with Gasteiger partial charge in [-0.25, -0.2) is 0 Å². The molecule has 1 aromatic heterocycles. The number of rotatable bonds is 3. The van der Waals surface area contributed by atoms with Crippen LogP contribution in [0.1, 0.15) is 32.0 Å². The summed E-state index contributed by atoms with van der Waals surface area (Å²) in [6.07, 6.45) is 1.47. The van der Waals surface area contributed by atoms with Gasteiger partial charge in [-0.05, 0) is 12.3 Å². The standard InChI is InChI=1S/C11H19N3O2/c1-3-10-12-11(16-13-10)7-14-5-4-9(15)8(2)6-14/h8-9,15H,3-7H2,1-2H3. The molecule has 1 fully saturated rings. The summed E-state index contributed by atoms with van der Waals surface area (Å²) in [4.78, 5) is 6.54. The SMILES string of the molecule is CCc1noc(CN2CCC(O)C(C)C2)n1. The first kappa shape index (κ1) is 11.5. The van der Waals surface area contributed by atoms with Crippen molar-refractivity contribution in [3.8, 4) is 0 Å². The Morgan fingerprint density at radius 1 is 1.56 bits per heavy atom. The highest BCUT2D eigenvalue weighted by Crippen LogP contribution is 2.18. The van der Waals surface area contributed by atoms with Crippen molar-refractivity contribution in [1.29, 1.82) is 0 Å². The highest BCUT2D eigenvalue weighted by molar-refractivity contribution is 4.87. The van der Waals surface area contributed by atoms with Gasteiger partial charge in [0.15, 0.2) is 5.82 Å². The quantitative estimate of drug-likeness (QED) is 0.825. The van der Waals surface area contributed by atoms with Crippen molar-refractivity contribution >= 4 is 0 Å². The molecule has 90 valence electrons. The summed E-state index contributed by atoms with van der Waals surface area (Å²) in [5.41, 5.74) is 0. The summed E-state index contributed by atoms with van der Waals surface area (Å²) >= 11 is 0. The van der Waals surface area contributed by atoms with E-state index in [2.05, 4.69) is 22.0 Å². The molecule has 2 rings (SSSR count). The zero-order valence-corrected chi connectivity index (χ0v) is 9.89. The number of piperidine rings is 1. The highest BCUT2D eigenvalue weighted by atomic mass is 16.5. The Balaban J connectivity index is 1.90. The topological polar surface area (TPSA) is 62.4 Å². The van der Waals surface area contributed by atoms with E-state index in [-0.39, 0.29) is 6.10 Å². The molecule has 2 unspecified atom stereocenters. The van der Waals surface area contributed by atoms with E-state index in [1.807, 2.05) is 6.92 Å². The van der Waals surface area contributed by atoms with Gasteiger partial charge in [-0.1, -0.05) is 19.0 Å². The molecule has 1 aliphatic rings. The van der Waals surface area contributed by atoms with Crippen molar-refractivity contribution in [3.05, 3.63) is 11.7 Å². The molecule has 5 nitrogen and oxygen atoms in total. The molecule has 0 aromatic carbocycles. The third-order valence-electron chi connectivity index (χ3n) is 3.13. The second kappa shape index (κ2) is 4.93. The Kier molecular flexibility index (Phi) is 3.56. The summed E-state index contributed by atoms with van der Waals surface area (Å²) < 4.78 is 5.16. The minimum atomic E-state index is -0.162. The number of nitrogens with zero attached hydrogens (tertiary/aromatic N) is 3. The first-order valence-corrected chi connectivity index (χ1v) is 5.91. The number of hydrogen-bond acceptors (Lipinski definition) is 5. The fourth-order valence-electron chi connectivity index (χ4n) is 2.05. The van der Waals surface area contributed by atoms with Crippen molar-refractivity contribution < 1.29 is 9.63 Å². The predicted octanol–water partition coefficient (Wildman–Crippen LogP) is 0.835. The lowest BCUT2D eigenvalue weighted by atomic mass is 9.97. The summed E-state index contributed by atoms with van der Waals surface area (Å²) in [7, 11) is 0. The average molecular weight is 225 g/mol. The van der Waals surface area contributed by atoms with Gasteiger partial charge in [0.1, 0.15) is 0 Å². The Morgan fingerprint density at radius 3 is 3.00 bits per heavy atom. The van der Waals surface area contributed by atoms with E-state index >= 15 is 0 Å². The zero-order chi connectivity index (χ0) is 11.5. The molecule has 2 atom stereocenters. The van der Waals surface area contributed by atoms with E-state index in [4.69, 9.17) is 4.52 Å². The van der Waals surface area contributed by atoms with Crippen molar-refractivity contribution in [2.45, 2.75) is 39.3 Å². The molecule has 1 aromatic rings. The fourth-order valence-corrected chi connectivity index (χ4v) is 2.05. The van der Waals surface area contributed by atoms with E-state index in [0.29, 0.717) is 18.4 Å². The molecular formula is C11H19N3O2. The van der Waals surface area contributed by atoms with Gasteiger partial charge in [-0.3, -0.25) is 4.90 Å². The second-order valence-electron chi connectivity index (χ2n) is 4.53. The lowest BCUT2D eigenvalue weighted by molar-refractivity contribution is 0.0282. The maximum absolute atomic E-state index is 9.63. The molecule has 1 saturated heterocycles. The van der Waals surface area contributed by atoms with Crippen LogP contribution in [0.25, 0.3) is 0 Å². The largest absolute Gasteiger partial charge is 0.393 e. The zero-order valence-electron chi connectivity index (χ0n) is 9.89. The first-order chi connectivity index (χ1) is 7.69. The van der Waals surface area contributed by atoms with Crippen LogP contribution in [0.15, 0.2) is 4.52 Å². The van der Waals surface area contributed by atoms with Crippen LogP contribution >= 0.6 is 0 Å². The molecule has 5 heteroatoms. The van der Waals surface area contributed by atoms with Crippen LogP contribution in [0.4, 0.5) is 0 Å². The van der Waals surface area contributed by atoms with E-state index in [0.717, 1.165) is 31.8 Å². The molecule has 16 heavy (non-hydrogen) atoms. The minimum absolute atomic E-state index is 0.162. The Bertz CT molecular complexity index is 340. The average Bonchev–Trinajstić information content (AvgIpc) is 2.71. The van der Waals surface area contributed by atoms with Gasteiger partial charge >= 0.3 is 0 Å². The van der Waals surface area contributed by atoms with Crippen LogP contribution in [0.3, 0.4) is 0 Å². The van der Waals surface area contributed by atoms with Crippen molar-refractivity contribution in [3.63, 3.8) is 0 Å². The summed E-state index contributed by atoms with van der Waals surface area (Å²) in [5, 5.41) is 13.5. The number of aromatic nitrogens is 2. The van der Waals surface area contributed by atoms with Crippen LogP contribution in [-0.4, -0.2) is 39.3 Å². The lowest BCUT2D eigenvalue weighted by Crippen LogP contribution is -2.41. The third-order valence-corrected chi connectivity index (χ3v) is 3.13. The van der Waals surface area contributed by atoms with Gasteiger partial charge in [-0.15, -0.1) is 0 Å². The monoisotopic (exact) mass is 225 g/mol. The predicted molar refractivity (Wildman–Crippen MR) is 58.7 cm³/mol. The molecule has 1 aliphatic heterocycles. The van der Waals surface area contributed by atoms with Crippen molar-refractivity contribution in [2.24, 2.45) is 5.92 Å². The van der Waals surface area contributed by atoms with Gasteiger partial charge in [0.25, 0.3) is 0 Å². The maximum Gasteiger partial charge on any atom is 0.240 e. The Morgan fingerprint density at radius 2 is 2.38 bits per heavy atom. The normalized spacial score (nSPS) is 27.2. The molecule has 0 spiro atoms. The maximum atomic E-state index is 9.63. The van der Waals surface area contributed by atoms with Crippen LogP contribution in [0.2, 0.25) is 0 Å². The van der Waals surface area contributed by atoms with Crippen molar-refractivity contribution in [1.82, 2.24) is 15.0 Å². The lowest BCUT2D eigenvalue weighted by Gasteiger charge is -2.33. The molecule has 2 heterocycles. The number of hydrogen-bond donors (Lipinski definition) is 1. The molecule has 0 saturated carbocycles. The highest BCUT2D eigenvalue weighted by Gasteiger charge is 2.25. The number of aliphatic hydroxyl groups excluding tert-OH is 1. The minimum Gasteiger partial charge on any atom is -0.393 e. The van der Waals surface area contributed by atoms with Gasteiger partial charge in [0, 0.05) is 19.5 Å². The second-order valence-corrected chi connectivity index (χ2v) is 4.53. The smallest absolute Gasteiger partial charge is 0.240 e. The Hall–Kier alpha value is -0.940. The van der Waals surface area contributed by atoms with E-state index in [9.17, 15) is 5.11 Å². The number of likely N-dealkylation sites (tertiary alicyclic amines) is 1. The van der Waals surface area contributed by atoms with Crippen LogP contribution in [0.5, 0.6) is 0 Å². The van der Waals surface area contributed by atoms with Crippen LogP contribution in [0, 0.1) is 5.92 Å². The summed E-state index contributed by atoms with van der Waals surface area (Å²) in [6.45, 7) is 6.57. The Labute approximate surface area is 95.4 Å². The van der Waals surface area contributed by atoms with Crippen molar-refractivity contribution in [2.75, 3.05) is 13.1 Å². The summed E-state index contributed by atoms with van der Waals surface area (Å²) in [5.74, 6) is 1.77.